The van der Waals surface area contributed by atoms with Crippen molar-refractivity contribution in [3.63, 3.8) is 0 Å². The smallest absolute Gasteiger partial charge is 0.133 e. The molecule has 31 valence electrons. The van der Waals surface area contributed by atoms with Crippen molar-refractivity contribution in [2.75, 3.05) is 5.75 Å². The van der Waals surface area contributed by atoms with Gasteiger partial charge in [-0.25, -0.2) is 0 Å². The number of hydrogen-bond acceptors (Lipinski definition) is 2. The fraction of sp³-hybridized carbons (Fsp3) is 0.250. The Bertz CT molecular complexity index is 72.1. The topological polar surface area (TPSA) is 23.8 Å². The van der Waals surface area contributed by atoms with Crippen molar-refractivity contribution < 1.29 is 0 Å². The largest absolute Gasteiger partial charge is 0.185 e. The lowest BCUT2D eigenvalue weighted by Gasteiger charge is -1.70. The van der Waals surface area contributed by atoms with Crippen LogP contribution in [0.2, 0.25) is 0 Å². The van der Waals surface area contributed by atoms with Gasteiger partial charge in [0.2, 0.25) is 0 Å². The molecule has 0 aliphatic heterocycles. The van der Waals surface area contributed by atoms with Crippen LogP contribution in [0.3, 0.4) is 0 Å². The van der Waals surface area contributed by atoms with Crippen molar-refractivity contribution >= 4 is 11.8 Å². The van der Waals surface area contributed by atoms with Crippen molar-refractivity contribution in [3.8, 4) is 5.40 Å². The van der Waals surface area contributed by atoms with Gasteiger partial charge in [-0.1, -0.05) is 12.7 Å². The van der Waals surface area contributed by atoms with E-state index in [1.165, 1.54) is 6.08 Å². The number of nitriles is 1. The van der Waals surface area contributed by atoms with Gasteiger partial charge in [0.05, 0.1) is 0 Å². The fourth-order valence-corrected chi connectivity index (χ4v) is 0.256. The second-order valence-corrected chi connectivity index (χ2v) is 1.44. The molecule has 0 amide bonds. The summed E-state index contributed by atoms with van der Waals surface area (Å²) in [6, 6.07) is 0. The van der Waals surface area contributed by atoms with E-state index in [0.29, 0.717) is 5.75 Å². The first kappa shape index (κ1) is 5.58. The molecule has 0 rings (SSSR count). The summed E-state index contributed by atoms with van der Waals surface area (Å²) in [7, 11) is 0. The van der Waals surface area contributed by atoms with Crippen molar-refractivity contribution in [3.05, 3.63) is 12.7 Å². The van der Waals surface area contributed by atoms with E-state index in [2.05, 4.69) is 0 Å². The minimum Gasteiger partial charge on any atom is -0.185 e. The summed E-state index contributed by atoms with van der Waals surface area (Å²) < 4.78 is 0. The molecule has 0 aliphatic rings. The fourth-order valence-electron chi connectivity index (χ4n) is 0.0854. The molecule has 2 heteroatoms. The Kier molecular flexibility index (Phi) is 4.26. The summed E-state index contributed by atoms with van der Waals surface area (Å²) in [4.78, 5) is 0. The van der Waals surface area contributed by atoms with E-state index in [9.17, 15) is 0 Å². The molecule has 0 saturated carbocycles. The Labute approximate surface area is 41.7 Å². The lowest BCUT2D eigenvalue weighted by Crippen LogP contribution is -1.57. The molecule has 0 N–H and O–H groups in total. The SMILES string of the molecule is [CH]=CCSC#N. The molecule has 0 aromatic carbocycles. The van der Waals surface area contributed by atoms with Gasteiger partial charge >= 0.3 is 0 Å². The van der Waals surface area contributed by atoms with Gasteiger partial charge in [0.25, 0.3) is 0 Å². The predicted molar refractivity (Wildman–Crippen MR) is 26.9 cm³/mol. The average Bonchev–Trinajstić information content (AvgIpc) is 1.61. The highest BCUT2D eigenvalue weighted by Crippen LogP contribution is 1.92. The van der Waals surface area contributed by atoms with Crippen LogP contribution in [0.1, 0.15) is 0 Å². The normalized spacial score (nSPS) is 6.50. The quantitative estimate of drug-likeness (QED) is 0.382. The van der Waals surface area contributed by atoms with Crippen LogP contribution in [0.15, 0.2) is 6.08 Å². The third-order valence-corrected chi connectivity index (χ3v) is 0.732. The van der Waals surface area contributed by atoms with Gasteiger partial charge in [0.1, 0.15) is 5.40 Å². The van der Waals surface area contributed by atoms with E-state index in [4.69, 9.17) is 11.8 Å². The van der Waals surface area contributed by atoms with Crippen LogP contribution >= 0.6 is 11.8 Å². The van der Waals surface area contributed by atoms with Gasteiger partial charge in [-0.2, -0.15) is 5.26 Å². The monoisotopic (exact) mass is 98.0 g/mol. The Balaban J connectivity index is 2.72. The van der Waals surface area contributed by atoms with Crippen molar-refractivity contribution in [2.24, 2.45) is 0 Å². The summed E-state index contributed by atoms with van der Waals surface area (Å²) in [5.74, 6) is 0.622. The van der Waals surface area contributed by atoms with Gasteiger partial charge < -0.3 is 0 Å². The molecule has 0 saturated heterocycles. The molecule has 1 radical (unpaired) electrons. The maximum atomic E-state index is 7.83. The lowest BCUT2D eigenvalue weighted by molar-refractivity contribution is 1.57. The minimum absolute atomic E-state index is 0.622. The molecule has 0 aromatic rings. The summed E-state index contributed by atoms with van der Waals surface area (Å²) in [5, 5.41) is 9.71. The molecule has 0 bridgehead atoms. The lowest BCUT2D eigenvalue weighted by atomic mass is 10.8. The van der Waals surface area contributed by atoms with E-state index in [0.717, 1.165) is 11.8 Å². The summed E-state index contributed by atoms with van der Waals surface area (Å²) in [5.41, 5.74) is 0. The third-order valence-electron chi connectivity index (χ3n) is 0.244. The van der Waals surface area contributed by atoms with Crippen molar-refractivity contribution in [1.29, 1.82) is 5.26 Å². The zero-order valence-electron chi connectivity index (χ0n) is 3.22. The van der Waals surface area contributed by atoms with Gasteiger partial charge in [0.15, 0.2) is 0 Å². The molecule has 0 heterocycles. The molecule has 0 unspecified atom stereocenters. The Hall–Kier alpha value is -0.420. The predicted octanol–water partition coefficient (Wildman–Crippen LogP) is 1.19. The third kappa shape index (κ3) is 3.58. The first-order valence-electron chi connectivity index (χ1n) is 1.46. The number of thiocyanates is 1. The van der Waals surface area contributed by atoms with Crippen LogP contribution in [-0.2, 0) is 0 Å². The van der Waals surface area contributed by atoms with Gasteiger partial charge in [-0.15, -0.1) is 0 Å². The maximum absolute atomic E-state index is 7.83. The highest BCUT2D eigenvalue weighted by Gasteiger charge is 1.69. The molecule has 0 spiro atoms. The minimum atomic E-state index is 0.622. The van der Waals surface area contributed by atoms with Gasteiger partial charge in [0, 0.05) is 5.75 Å². The van der Waals surface area contributed by atoms with Crippen LogP contribution in [0.5, 0.6) is 0 Å². The summed E-state index contributed by atoms with van der Waals surface area (Å²) in [6.07, 6.45) is 1.45. The second kappa shape index (κ2) is 4.58. The van der Waals surface area contributed by atoms with Crippen LogP contribution in [0.25, 0.3) is 0 Å². The highest BCUT2D eigenvalue weighted by molar-refractivity contribution is 8.03. The zero-order valence-corrected chi connectivity index (χ0v) is 4.03. The van der Waals surface area contributed by atoms with E-state index in [1.807, 2.05) is 5.40 Å². The highest BCUT2D eigenvalue weighted by atomic mass is 32.2. The standard InChI is InChI=1S/C4H4NS/c1-2-3-6-4-5/h1-2H,3H2. The molecule has 0 aliphatic carbocycles. The second-order valence-electron chi connectivity index (χ2n) is 0.638. The Morgan fingerprint density at radius 1 is 2.00 bits per heavy atom. The molecule has 6 heavy (non-hydrogen) atoms. The first-order valence-corrected chi connectivity index (χ1v) is 2.44. The molecule has 0 fully saturated rings. The van der Waals surface area contributed by atoms with Crippen LogP contribution in [0, 0.1) is 17.2 Å². The van der Waals surface area contributed by atoms with E-state index >= 15 is 0 Å². The molecule has 1 nitrogen and oxygen atoms in total. The number of hydrogen-bond donors (Lipinski definition) is 0. The van der Waals surface area contributed by atoms with Crippen LogP contribution in [-0.4, -0.2) is 5.75 Å². The van der Waals surface area contributed by atoms with E-state index < -0.39 is 0 Å². The van der Waals surface area contributed by atoms with Crippen LogP contribution in [0.4, 0.5) is 0 Å². The first-order chi connectivity index (χ1) is 2.91. The van der Waals surface area contributed by atoms with Crippen LogP contribution < -0.4 is 0 Å². The number of nitrogens with zero attached hydrogens (tertiary/aromatic N) is 1. The van der Waals surface area contributed by atoms with Crippen molar-refractivity contribution in [1.82, 2.24) is 0 Å². The average molecular weight is 98.1 g/mol. The summed E-state index contributed by atoms with van der Waals surface area (Å²) in [6.45, 7) is 4.92. The summed E-state index contributed by atoms with van der Waals surface area (Å²) >= 11 is 1.13. The molecule has 0 atom stereocenters. The van der Waals surface area contributed by atoms with Gasteiger partial charge in [-0.05, 0) is 11.8 Å². The molecule has 0 aromatic heterocycles. The Morgan fingerprint density at radius 2 is 2.67 bits per heavy atom. The molecular weight excluding hydrogens is 94.1 g/mol. The number of rotatable bonds is 2. The van der Waals surface area contributed by atoms with E-state index in [-0.39, 0.29) is 0 Å². The zero-order chi connectivity index (χ0) is 4.83. The molecular formula is C4H4NS. The Morgan fingerprint density at radius 3 is 2.83 bits per heavy atom. The van der Waals surface area contributed by atoms with Crippen molar-refractivity contribution in [2.45, 2.75) is 0 Å². The number of thioether (sulfide) groups is 1. The van der Waals surface area contributed by atoms with Gasteiger partial charge in [-0.3, -0.25) is 0 Å². The maximum Gasteiger partial charge on any atom is 0.133 e. The van der Waals surface area contributed by atoms with E-state index in [1.54, 1.807) is 0 Å².